The number of nitrogen functional groups attached to an aromatic ring is 1. The first-order valence-electron chi connectivity index (χ1n) is 4.94. The first-order chi connectivity index (χ1) is 7.69. The lowest BCUT2D eigenvalue weighted by Crippen LogP contribution is -2.00. The molecule has 82 valence electrons. The Morgan fingerprint density at radius 1 is 1.31 bits per heavy atom. The zero-order chi connectivity index (χ0) is 11.5. The number of aryl methyl sites for hydroxylation is 1. The number of rotatable bonds is 2. The molecule has 0 radical (unpaired) electrons. The Morgan fingerprint density at radius 2 is 2.12 bits per heavy atom. The van der Waals surface area contributed by atoms with Gasteiger partial charge in [0.05, 0.1) is 6.20 Å². The van der Waals surface area contributed by atoms with Crippen LogP contribution in [-0.4, -0.2) is 15.0 Å². The van der Waals surface area contributed by atoms with Crippen molar-refractivity contribution in [3.63, 3.8) is 0 Å². The Morgan fingerprint density at radius 3 is 2.75 bits per heavy atom. The topological polar surface area (TPSA) is 64.7 Å². The van der Waals surface area contributed by atoms with Crippen LogP contribution < -0.4 is 5.73 Å². The molecule has 16 heavy (non-hydrogen) atoms. The number of halogens is 1. The Hall–Kier alpha value is -2.04. The van der Waals surface area contributed by atoms with E-state index in [9.17, 15) is 4.39 Å². The van der Waals surface area contributed by atoms with Gasteiger partial charge in [0.2, 0.25) is 0 Å². The summed E-state index contributed by atoms with van der Waals surface area (Å²) in [5.74, 6) is 0.438. The highest BCUT2D eigenvalue weighted by molar-refractivity contribution is 5.51. The van der Waals surface area contributed by atoms with Crippen LogP contribution in [0.5, 0.6) is 0 Å². The zero-order valence-electron chi connectivity index (χ0n) is 8.81. The van der Waals surface area contributed by atoms with Crippen LogP contribution in [0.1, 0.15) is 12.6 Å². The maximum absolute atomic E-state index is 12.7. The molecule has 2 rings (SSSR count). The lowest BCUT2D eigenvalue weighted by Gasteiger charge is -2.03. The molecule has 0 saturated heterocycles. The molecule has 2 aromatic rings. The Bertz CT molecular complexity index is 496. The fourth-order valence-corrected chi connectivity index (χ4v) is 1.32. The van der Waals surface area contributed by atoms with E-state index in [0.29, 0.717) is 17.3 Å². The fraction of sp³-hybridized carbons (Fsp3) is 0.182. The second kappa shape index (κ2) is 4.22. The fourth-order valence-electron chi connectivity index (χ4n) is 1.32. The molecule has 2 heterocycles. The highest BCUT2D eigenvalue weighted by Crippen LogP contribution is 2.14. The van der Waals surface area contributed by atoms with Crippen LogP contribution in [0, 0.1) is 5.82 Å². The molecule has 4 nitrogen and oxygen atoms in total. The first-order valence-corrected chi connectivity index (χ1v) is 4.94. The standard InChI is InChI=1S/C11H11FN4/c1-2-8-5-10(13)16-11(15-8)9-4-3-7(12)6-14-9/h3-6H,2H2,1H3,(H2,13,15,16). The van der Waals surface area contributed by atoms with Crippen LogP contribution in [0.4, 0.5) is 10.2 Å². The van der Waals surface area contributed by atoms with Crippen molar-refractivity contribution in [1.82, 2.24) is 15.0 Å². The van der Waals surface area contributed by atoms with E-state index in [1.807, 2.05) is 6.92 Å². The average Bonchev–Trinajstić information content (AvgIpc) is 2.29. The maximum atomic E-state index is 12.7. The third-order valence-electron chi connectivity index (χ3n) is 2.12. The zero-order valence-corrected chi connectivity index (χ0v) is 8.81. The molecule has 5 heteroatoms. The second-order valence-corrected chi connectivity index (χ2v) is 3.32. The van der Waals surface area contributed by atoms with Gasteiger partial charge in [-0.3, -0.25) is 0 Å². The molecule has 0 aliphatic carbocycles. The molecule has 0 saturated carbocycles. The summed E-state index contributed by atoms with van der Waals surface area (Å²) in [6, 6.07) is 4.57. The molecule has 0 amide bonds. The van der Waals surface area contributed by atoms with Gasteiger partial charge in [-0.2, -0.15) is 0 Å². The number of hydrogen-bond acceptors (Lipinski definition) is 4. The van der Waals surface area contributed by atoms with Gasteiger partial charge in [0, 0.05) is 11.8 Å². The molecule has 0 bridgehead atoms. The predicted molar refractivity (Wildman–Crippen MR) is 59.0 cm³/mol. The van der Waals surface area contributed by atoms with Gasteiger partial charge in [-0.25, -0.2) is 19.3 Å². The molecule has 0 spiro atoms. The summed E-state index contributed by atoms with van der Waals surface area (Å²) in [4.78, 5) is 12.2. The van der Waals surface area contributed by atoms with Gasteiger partial charge in [-0.1, -0.05) is 6.92 Å². The molecule has 0 aromatic carbocycles. The SMILES string of the molecule is CCc1cc(N)nc(-c2ccc(F)cn2)n1. The van der Waals surface area contributed by atoms with Crippen LogP contribution in [0.15, 0.2) is 24.4 Å². The minimum absolute atomic E-state index is 0.386. The Kier molecular flexibility index (Phi) is 2.76. The summed E-state index contributed by atoms with van der Waals surface area (Å²) in [5.41, 5.74) is 7.01. The van der Waals surface area contributed by atoms with Gasteiger partial charge in [0.15, 0.2) is 5.82 Å². The first kappa shape index (κ1) is 10.5. The van der Waals surface area contributed by atoms with E-state index in [1.165, 1.54) is 12.1 Å². The maximum Gasteiger partial charge on any atom is 0.180 e. The molecule has 0 atom stereocenters. The van der Waals surface area contributed by atoms with Crippen molar-refractivity contribution in [2.75, 3.05) is 5.73 Å². The van der Waals surface area contributed by atoms with E-state index in [4.69, 9.17) is 5.73 Å². The van der Waals surface area contributed by atoms with E-state index in [-0.39, 0.29) is 5.82 Å². The summed E-state index contributed by atoms with van der Waals surface area (Å²) in [6.07, 6.45) is 1.90. The largest absolute Gasteiger partial charge is 0.384 e. The summed E-state index contributed by atoms with van der Waals surface area (Å²) < 4.78 is 12.7. The van der Waals surface area contributed by atoms with Crippen molar-refractivity contribution in [2.24, 2.45) is 0 Å². The third-order valence-corrected chi connectivity index (χ3v) is 2.12. The number of nitrogens with two attached hydrogens (primary N) is 1. The van der Waals surface area contributed by atoms with E-state index in [0.717, 1.165) is 18.3 Å². The minimum atomic E-state index is -0.386. The summed E-state index contributed by atoms with van der Waals surface area (Å²) in [6.45, 7) is 1.98. The number of hydrogen-bond donors (Lipinski definition) is 1. The number of nitrogens with zero attached hydrogens (tertiary/aromatic N) is 3. The van der Waals surface area contributed by atoms with E-state index in [1.54, 1.807) is 6.07 Å². The van der Waals surface area contributed by atoms with E-state index < -0.39 is 0 Å². The Labute approximate surface area is 92.4 Å². The molecular formula is C11H11FN4. The molecule has 2 aromatic heterocycles. The Balaban J connectivity index is 2.47. The van der Waals surface area contributed by atoms with Crippen LogP contribution >= 0.6 is 0 Å². The van der Waals surface area contributed by atoms with Gasteiger partial charge >= 0.3 is 0 Å². The third kappa shape index (κ3) is 2.13. The van der Waals surface area contributed by atoms with Crippen molar-refractivity contribution >= 4 is 5.82 Å². The van der Waals surface area contributed by atoms with Crippen molar-refractivity contribution in [3.05, 3.63) is 35.9 Å². The molecule has 0 unspecified atom stereocenters. The predicted octanol–water partition coefficient (Wildman–Crippen LogP) is 1.82. The highest BCUT2D eigenvalue weighted by Gasteiger charge is 2.05. The molecule has 0 fully saturated rings. The molecular weight excluding hydrogens is 207 g/mol. The molecule has 2 N–H and O–H groups in total. The van der Waals surface area contributed by atoms with Crippen molar-refractivity contribution in [2.45, 2.75) is 13.3 Å². The molecule has 0 aliphatic rings. The number of anilines is 1. The van der Waals surface area contributed by atoms with Crippen LogP contribution in [-0.2, 0) is 6.42 Å². The van der Waals surface area contributed by atoms with Crippen molar-refractivity contribution in [3.8, 4) is 11.5 Å². The monoisotopic (exact) mass is 218 g/mol. The van der Waals surface area contributed by atoms with Gasteiger partial charge in [0.1, 0.15) is 17.3 Å². The van der Waals surface area contributed by atoms with Crippen LogP contribution in [0.25, 0.3) is 11.5 Å². The highest BCUT2D eigenvalue weighted by atomic mass is 19.1. The van der Waals surface area contributed by atoms with Gasteiger partial charge in [-0.05, 0) is 18.6 Å². The number of pyridine rings is 1. The average molecular weight is 218 g/mol. The minimum Gasteiger partial charge on any atom is -0.384 e. The van der Waals surface area contributed by atoms with Crippen molar-refractivity contribution in [1.29, 1.82) is 0 Å². The number of aromatic nitrogens is 3. The summed E-state index contributed by atoms with van der Waals surface area (Å²) in [7, 11) is 0. The summed E-state index contributed by atoms with van der Waals surface area (Å²) >= 11 is 0. The van der Waals surface area contributed by atoms with Gasteiger partial charge < -0.3 is 5.73 Å². The van der Waals surface area contributed by atoms with Gasteiger partial charge in [0.25, 0.3) is 0 Å². The normalized spacial score (nSPS) is 10.4. The lowest BCUT2D eigenvalue weighted by molar-refractivity contribution is 0.621. The van der Waals surface area contributed by atoms with E-state index >= 15 is 0 Å². The second-order valence-electron chi connectivity index (χ2n) is 3.32. The van der Waals surface area contributed by atoms with E-state index in [2.05, 4.69) is 15.0 Å². The lowest BCUT2D eigenvalue weighted by atomic mass is 10.3. The summed E-state index contributed by atoms with van der Waals surface area (Å²) in [5, 5.41) is 0. The van der Waals surface area contributed by atoms with Gasteiger partial charge in [-0.15, -0.1) is 0 Å². The quantitative estimate of drug-likeness (QED) is 0.835. The van der Waals surface area contributed by atoms with Crippen LogP contribution in [0.2, 0.25) is 0 Å². The smallest absolute Gasteiger partial charge is 0.180 e. The van der Waals surface area contributed by atoms with Crippen molar-refractivity contribution < 1.29 is 4.39 Å². The van der Waals surface area contributed by atoms with Crippen LogP contribution in [0.3, 0.4) is 0 Å². The molecule has 0 aliphatic heterocycles.